The smallest absolute Gasteiger partial charge is 0.300 e. The van der Waals surface area contributed by atoms with Gasteiger partial charge in [0.25, 0.3) is 5.97 Å². The average Bonchev–Trinajstić information content (AvgIpc) is 1.85. The summed E-state index contributed by atoms with van der Waals surface area (Å²) in [5.74, 6) is -0.195. The molecule has 0 aliphatic rings. The van der Waals surface area contributed by atoms with Crippen LogP contribution < -0.4 is 0 Å². The van der Waals surface area contributed by atoms with E-state index in [1.165, 1.54) is 0 Å². The van der Waals surface area contributed by atoms with Crippen LogP contribution in [-0.4, -0.2) is 33.8 Å². The highest BCUT2D eigenvalue weighted by atomic mass is 32.1. The lowest BCUT2D eigenvalue weighted by Gasteiger charge is -1.96. The van der Waals surface area contributed by atoms with Crippen molar-refractivity contribution in [2.75, 3.05) is 12.4 Å². The van der Waals surface area contributed by atoms with Crippen LogP contribution in [0.3, 0.4) is 0 Å². The molecule has 0 aliphatic carbocycles. The molecule has 1 atom stereocenters. The molecule has 0 aromatic rings. The molecule has 0 spiro atoms. The number of aliphatic hydroxyl groups is 1. The zero-order valence-corrected chi connectivity index (χ0v) is 7.48. The largest absolute Gasteiger partial charge is 0.481 e. The van der Waals surface area contributed by atoms with Gasteiger partial charge in [-0.05, 0) is 0 Å². The number of aliphatic carboxylic acids is 1. The van der Waals surface area contributed by atoms with E-state index in [2.05, 4.69) is 25.3 Å². The van der Waals surface area contributed by atoms with Crippen LogP contribution in [0.1, 0.15) is 6.92 Å². The quantitative estimate of drug-likeness (QED) is 0.467. The zero-order chi connectivity index (χ0) is 8.57. The Bertz CT molecular complexity index is 79.0. The average molecular weight is 184 g/mol. The summed E-state index contributed by atoms with van der Waals surface area (Å²) in [5, 5.41) is 15.7. The van der Waals surface area contributed by atoms with Gasteiger partial charge in [-0.25, -0.2) is 0 Å². The van der Waals surface area contributed by atoms with Crippen molar-refractivity contribution in [3.63, 3.8) is 0 Å². The van der Waals surface area contributed by atoms with E-state index in [1.54, 1.807) is 0 Å². The topological polar surface area (TPSA) is 57.5 Å². The summed E-state index contributed by atoms with van der Waals surface area (Å²) in [5.41, 5.74) is 0. The van der Waals surface area contributed by atoms with Gasteiger partial charge in [0.05, 0.1) is 6.61 Å². The number of hydrogen-bond donors (Lipinski definition) is 4. The third-order valence-electron chi connectivity index (χ3n) is 0.421. The van der Waals surface area contributed by atoms with Gasteiger partial charge >= 0.3 is 0 Å². The second kappa shape index (κ2) is 9.13. The summed E-state index contributed by atoms with van der Waals surface area (Å²) in [7, 11) is 0. The molecule has 2 N–H and O–H groups in total. The number of aliphatic hydroxyl groups excluding tert-OH is 1. The van der Waals surface area contributed by atoms with Crippen molar-refractivity contribution in [1.29, 1.82) is 0 Å². The summed E-state index contributed by atoms with van der Waals surface area (Å²) in [6.07, 6.45) is 0. The molecule has 0 saturated carbocycles. The minimum atomic E-state index is -0.833. The summed E-state index contributed by atoms with van der Waals surface area (Å²) >= 11 is 7.76. The lowest BCUT2D eigenvalue weighted by molar-refractivity contribution is -0.134. The molecule has 0 bridgehead atoms. The molecule has 10 heavy (non-hydrogen) atoms. The van der Waals surface area contributed by atoms with Crippen LogP contribution >= 0.6 is 25.3 Å². The van der Waals surface area contributed by atoms with Crippen LogP contribution in [0, 0.1) is 0 Å². The third-order valence-corrected chi connectivity index (χ3v) is 1.50. The number of carbonyl (C=O) groups is 1. The van der Waals surface area contributed by atoms with Crippen molar-refractivity contribution in [2.24, 2.45) is 0 Å². The number of thiol groups is 2. The van der Waals surface area contributed by atoms with Crippen LogP contribution in [0.15, 0.2) is 0 Å². The summed E-state index contributed by atoms with van der Waals surface area (Å²) in [6, 6.07) is 0. The Balaban J connectivity index is 0. The van der Waals surface area contributed by atoms with Gasteiger partial charge in [0.1, 0.15) is 0 Å². The van der Waals surface area contributed by atoms with E-state index < -0.39 is 5.97 Å². The Morgan fingerprint density at radius 1 is 1.70 bits per heavy atom. The van der Waals surface area contributed by atoms with Gasteiger partial charge in [0.15, 0.2) is 0 Å². The molecule has 0 rings (SSSR count). The van der Waals surface area contributed by atoms with Crippen molar-refractivity contribution < 1.29 is 15.0 Å². The van der Waals surface area contributed by atoms with Gasteiger partial charge in [-0.15, -0.1) is 0 Å². The fourth-order valence-corrected chi connectivity index (χ4v) is 0.173. The molecular formula is C5H12O3S2. The van der Waals surface area contributed by atoms with Gasteiger partial charge in [0, 0.05) is 17.9 Å². The van der Waals surface area contributed by atoms with Crippen molar-refractivity contribution in [2.45, 2.75) is 12.2 Å². The molecule has 0 radical (unpaired) electrons. The predicted molar refractivity (Wildman–Crippen MR) is 47.0 cm³/mol. The highest BCUT2D eigenvalue weighted by Crippen LogP contribution is 1.93. The molecule has 5 heteroatoms. The lowest BCUT2D eigenvalue weighted by Crippen LogP contribution is -2.04. The Hall–Kier alpha value is 0.130. The van der Waals surface area contributed by atoms with Crippen LogP contribution in [0.2, 0.25) is 0 Å². The van der Waals surface area contributed by atoms with Crippen LogP contribution in [0.4, 0.5) is 0 Å². The van der Waals surface area contributed by atoms with Gasteiger partial charge in [-0.2, -0.15) is 25.3 Å². The fourth-order valence-electron chi connectivity index (χ4n) is 0.0577. The molecule has 0 saturated heterocycles. The Morgan fingerprint density at radius 3 is 2.00 bits per heavy atom. The second-order valence-electron chi connectivity index (χ2n) is 1.54. The van der Waals surface area contributed by atoms with Gasteiger partial charge in [-0.1, -0.05) is 0 Å². The number of carboxylic acid groups (broad SMARTS) is 1. The number of hydrogen-bond acceptors (Lipinski definition) is 4. The fraction of sp³-hybridized carbons (Fsp3) is 0.800. The third kappa shape index (κ3) is 24.2. The van der Waals surface area contributed by atoms with Gasteiger partial charge in [0.2, 0.25) is 0 Å². The van der Waals surface area contributed by atoms with Crippen molar-refractivity contribution in [3.05, 3.63) is 0 Å². The minimum absolute atomic E-state index is 0.0494. The maximum atomic E-state index is 9.00. The first-order valence-electron chi connectivity index (χ1n) is 2.63. The summed E-state index contributed by atoms with van der Waals surface area (Å²) < 4.78 is 0. The van der Waals surface area contributed by atoms with Gasteiger partial charge < -0.3 is 10.2 Å². The Labute approximate surface area is 71.3 Å². The maximum Gasteiger partial charge on any atom is 0.300 e. The van der Waals surface area contributed by atoms with E-state index in [-0.39, 0.29) is 11.9 Å². The SMILES string of the molecule is CC(=O)O.OCC(S)CS. The highest BCUT2D eigenvalue weighted by Gasteiger charge is 1.92. The molecule has 0 heterocycles. The van der Waals surface area contributed by atoms with E-state index in [9.17, 15) is 0 Å². The first-order chi connectivity index (χ1) is 4.54. The monoisotopic (exact) mass is 184 g/mol. The Morgan fingerprint density at radius 2 is 2.00 bits per heavy atom. The molecule has 62 valence electrons. The van der Waals surface area contributed by atoms with E-state index in [4.69, 9.17) is 15.0 Å². The molecule has 3 nitrogen and oxygen atoms in total. The van der Waals surface area contributed by atoms with Crippen molar-refractivity contribution >= 4 is 31.2 Å². The van der Waals surface area contributed by atoms with E-state index in [1.807, 2.05) is 0 Å². The Kier molecular flexibility index (Phi) is 11.7. The predicted octanol–water partition coefficient (Wildman–Crippen LogP) is 0.298. The normalized spacial score (nSPS) is 11.2. The van der Waals surface area contributed by atoms with Crippen LogP contribution in [0.5, 0.6) is 0 Å². The van der Waals surface area contributed by atoms with Crippen molar-refractivity contribution in [3.8, 4) is 0 Å². The minimum Gasteiger partial charge on any atom is -0.481 e. The first-order valence-corrected chi connectivity index (χ1v) is 3.78. The van der Waals surface area contributed by atoms with E-state index >= 15 is 0 Å². The molecule has 0 amide bonds. The number of carboxylic acids is 1. The molecular weight excluding hydrogens is 172 g/mol. The number of rotatable bonds is 2. The summed E-state index contributed by atoms with van der Waals surface area (Å²) in [4.78, 5) is 9.00. The molecule has 0 aliphatic heterocycles. The molecule has 0 aromatic heterocycles. The standard InChI is InChI=1S/C3H8OS2.C2H4O2/c4-1-3(6)2-5;1-2(3)4/h3-6H,1-2H2;1H3,(H,3,4). The van der Waals surface area contributed by atoms with E-state index in [0.29, 0.717) is 5.75 Å². The molecule has 0 aromatic carbocycles. The first kappa shape index (κ1) is 12.8. The lowest BCUT2D eigenvalue weighted by atomic mass is 10.5. The van der Waals surface area contributed by atoms with Gasteiger partial charge in [-0.3, -0.25) is 4.79 Å². The highest BCUT2D eigenvalue weighted by molar-refractivity contribution is 7.84. The zero-order valence-electron chi connectivity index (χ0n) is 5.69. The van der Waals surface area contributed by atoms with Crippen molar-refractivity contribution in [1.82, 2.24) is 0 Å². The van der Waals surface area contributed by atoms with Crippen LogP contribution in [-0.2, 0) is 4.79 Å². The molecule has 0 fully saturated rings. The second-order valence-corrected chi connectivity index (χ2v) is 2.63. The maximum absolute atomic E-state index is 9.00. The summed E-state index contributed by atoms with van der Waals surface area (Å²) in [6.45, 7) is 1.20. The van der Waals surface area contributed by atoms with E-state index in [0.717, 1.165) is 6.92 Å². The molecule has 1 unspecified atom stereocenters. The van der Waals surface area contributed by atoms with Crippen LogP contribution in [0.25, 0.3) is 0 Å².